The molecule has 0 bridgehead atoms. The highest BCUT2D eigenvalue weighted by molar-refractivity contribution is 8.18. The summed E-state index contributed by atoms with van der Waals surface area (Å²) in [4.78, 5) is 25.2. The van der Waals surface area contributed by atoms with E-state index in [0.29, 0.717) is 21.9 Å². The minimum atomic E-state index is -4.76. The first-order valence-electron chi connectivity index (χ1n) is 8.22. The van der Waals surface area contributed by atoms with Crippen LogP contribution in [0.4, 0.5) is 23.7 Å². The van der Waals surface area contributed by atoms with Gasteiger partial charge in [0.05, 0.1) is 21.6 Å². The lowest BCUT2D eigenvalue weighted by atomic mass is 10.1. The number of carbonyl (C=O) groups is 1. The van der Waals surface area contributed by atoms with E-state index in [2.05, 4.69) is 25.0 Å². The van der Waals surface area contributed by atoms with Crippen molar-refractivity contribution in [1.29, 1.82) is 0 Å². The van der Waals surface area contributed by atoms with E-state index < -0.39 is 6.36 Å². The van der Waals surface area contributed by atoms with Crippen LogP contribution in [-0.2, 0) is 0 Å². The van der Waals surface area contributed by atoms with Crippen LogP contribution >= 0.6 is 11.8 Å². The van der Waals surface area contributed by atoms with Crippen LogP contribution < -0.4 is 10.1 Å². The van der Waals surface area contributed by atoms with Gasteiger partial charge < -0.3 is 10.1 Å². The number of fused-ring (bicyclic) bond motifs is 1. The topological polar surface area (TPSA) is 76.5 Å². The Morgan fingerprint density at radius 2 is 1.76 bits per heavy atom. The van der Waals surface area contributed by atoms with Crippen LogP contribution in [0.3, 0.4) is 0 Å². The number of thioether (sulfide) groups is 1. The van der Waals surface area contributed by atoms with Crippen molar-refractivity contribution in [1.82, 2.24) is 15.3 Å². The van der Waals surface area contributed by atoms with Gasteiger partial charge in [0.15, 0.2) is 0 Å². The molecule has 0 aliphatic carbocycles. The number of benzene rings is 2. The van der Waals surface area contributed by atoms with Gasteiger partial charge in [0.25, 0.3) is 5.24 Å². The Balaban J connectivity index is 1.61. The summed E-state index contributed by atoms with van der Waals surface area (Å²) in [6.07, 6.45) is 0.208. The minimum absolute atomic E-state index is 0.299. The molecule has 29 heavy (non-hydrogen) atoms. The number of aliphatic imine (C=N–C) groups is 1. The highest BCUT2D eigenvalue weighted by Crippen LogP contribution is 2.30. The van der Waals surface area contributed by atoms with Crippen LogP contribution in [0.25, 0.3) is 17.1 Å². The van der Waals surface area contributed by atoms with Gasteiger partial charge >= 0.3 is 6.36 Å². The van der Waals surface area contributed by atoms with Gasteiger partial charge in [0, 0.05) is 12.4 Å². The molecule has 3 aromatic rings. The molecule has 0 unspecified atom stereocenters. The van der Waals surface area contributed by atoms with Crippen LogP contribution in [0.15, 0.2) is 64.8 Å². The number of aromatic nitrogens is 2. The molecule has 2 aromatic carbocycles. The number of carbonyl (C=O) groups excluding carboxylic acids is 1. The van der Waals surface area contributed by atoms with E-state index in [9.17, 15) is 18.0 Å². The lowest BCUT2D eigenvalue weighted by Gasteiger charge is -2.08. The van der Waals surface area contributed by atoms with Gasteiger partial charge in [-0.25, -0.2) is 4.99 Å². The molecule has 2 heterocycles. The number of hydrogen-bond acceptors (Lipinski definition) is 6. The first-order valence-corrected chi connectivity index (χ1v) is 9.03. The Bertz CT molecular complexity index is 1140. The van der Waals surface area contributed by atoms with E-state index in [-0.39, 0.29) is 11.0 Å². The first kappa shape index (κ1) is 18.9. The van der Waals surface area contributed by atoms with Crippen LogP contribution in [0.5, 0.6) is 5.75 Å². The van der Waals surface area contributed by atoms with Crippen molar-refractivity contribution < 1.29 is 22.7 Å². The van der Waals surface area contributed by atoms with Crippen molar-refractivity contribution in [3.63, 3.8) is 0 Å². The third-order valence-electron chi connectivity index (χ3n) is 3.76. The van der Waals surface area contributed by atoms with Crippen LogP contribution in [-0.4, -0.2) is 27.4 Å². The molecule has 1 aliphatic rings. The molecule has 10 heteroatoms. The van der Waals surface area contributed by atoms with Gasteiger partial charge in [0.2, 0.25) is 0 Å². The summed E-state index contributed by atoms with van der Waals surface area (Å²) in [6, 6.07) is 10.5. The Kier molecular flexibility index (Phi) is 4.93. The molecule has 0 atom stereocenters. The maximum Gasteiger partial charge on any atom is 0.573 e. The van der Waals surface area contributed by atoms with Gasteiger partial charge in [-0.2, -0.15) is 0 Å². The van der Waals surface area contributed by atoms with E-state index in [1.165, 1.54) is 12.1 Å². The average Bonchev–Trinajstić information content (AvgIpc) is 3.01. The fraction of sp³-hybridized carbons (Fsp3) is 0.0526. The van der Waals surface area contributed by atoms with Crippen molar-refractivity contribution in [3.8, 4) is 5.75 Å². The Labute approximate surface area is 166 Å². The molecule has 0 spiro atoms. The normalized spacial score (nSPS) is 17.1. The van der Waals surface area contributed by atoms with Crippen LogP contribution in [0.2, 0.25) is 0 Å². The number of amides is 1. The molecule has 0 saturated carbocycles. The van der Waals surface area contributed by atoms with E-state index in [1.807, 2.05) is 18.2 Å². The number of amidine groups is 1. The summed E-state index contributed by atoms with van der Waals surface area (Å²) in [5.41, 5.74) is 2.63. The summed E-state index contributed by atoms with van der Waals surface area (Å²) in [5, 5.41) is 2.33. The third kappa shape index (κ3) is 4.72. The second-order valence-corrected chi connectivity index (χ2v) is 6.84. The number of nitrogens with zero attached hydrogens (tertiary/aromatic N) is 3. The van der Waals surface area contributed by atoms with E-state index >= 15 is 0 Å². The van der Waals surface area contributed by atoms with E-state index in [0.717, 1.165) is 35.0 Å². The highest BCUT2D eigenvalue weighted by atomic mass is 32.2. The maximum absolute atomic E-state index is 12.3. The van der Waals surface area contributed by atoms with Crippen molar-refractivity contribution in [2.75, 3.05) is 0 Å². The minimum Gasteiger partial charge on any atom is -0.406 e. The number of halogens is 3. The summed E-state index contributed by atoms with van der Waals surface area (Å²) in [6.45, 7) is 0. The lowest BCUT2D eigenvalue weighted by molar-refractivity contribution is -0.274. The summed E-state index contributed by atoms with van der Waals surface area (Å²) < 4.78 is 40.6. The summed E-state index contributed by atoms with van der Waals surface area (Å²) >= 11 is 0.975. The standard InChI is InChI=1S/C19H11F3N4O2S/c20-19(21,22)28-13-4-2-12(3-5-13)25-17-16(29-18(27)26-17)10-11-1-6-14-15(9-11)24-8-7-23-14/h1-10H,(H,25,26,27)/b16-10+. The molecule has 1 aromatic heterocycles. The molecular formula is C19H11F3N4O2S. The SMILES string of the molecule is O=C1NC(=Nc2ccc(OC(F)(F)F)cc2)/C(=C\c2ccc3nccnc3c2)S1. The zero-order valence-corrected chi connectivity index (χ0v) is 15.3. The second kappa shape index (κ2) is 7.55. The molecule has 1 saturated heterocycles. The summed E-state index contributed by atoms with van der Waals surface area (Å²) in [5.74, 6) is -0.0388. The molecule has 1 aliphatic heterocycles. The predicted octanol–water partition coefficient (Wildman–Crippen LogP) is 5.06. The Hall–Kier alpha value is -3.40. The van der Waals surface area contributed by atoms with Crippen molar-refractivity contribution in [2.24, 2.45) is 4.99 Å². The van der Waals surface area contributed by atoms with E-state index in [1.54, 1.807) is 18.5 Å². The molecule has 0 radical (unpaired) electrons. The first-order chi connectivity index (χ1) is 13.9. The van der Waals surface area contributed by atoms with Gasteiger partial charge in [-0.15, -0.1) is 13.2 Å². The molecule has 1 fully saturated rings. The monoisotopic (exact) mass is 416 g/mol. The Morgan fingerprint density at radius 3 is 2.48 bits per heavy atom. The van der Waals surface area contributed by atoms with Crippen molar-refractivity contribution >= 4 is 45.6 Å². The summed E-state index contributed by atoms with van der Waals surface area (Å²) in [7, 11) is 0. The van der Waals surface area contributed by atoms with Crippen LogP contribution in [0.1, 0.15) is 5.56 Å². The number of alkyl halides is 3. The largest absolute Gasteiger partial charge is 0.573 e. The average molecular weight is 416 g/mol. The number of hydrogen-bond donors (Lipinski definition) is 1. The molecule has 4 rings (SSSR count). The second-order valence-electron chi connectivity index (χ2n) is 5.83. The fourth-order valence-electron chi connectivity index (χ4n) is 2.59. The van der Waals surface area contributed by atoms with Gasteiger partial charge in [-0.3, -0.25) is 14.8 Å². The molecule has 6 nitrogen and oxygen atoms in total. The van der Waals surface area contributed by atoms with E-state index in [4.69, 9.17) is 0 Å². The molecule has 146 valence electrons. The van der Waals surface area contributed by atoms with Crippen LogP contribution in [0, 0.1) is 0 Å². The van der Waals surface area contributed by atoms with Crippen molar-refractivity contribution in [3.05, 3.63) is 65.3 Å². The number of ether oxygens (including phenoxy) is 1. The van der Waals surface area contributed by atoms with Gasteiger partial charge in [-0.05, 0) is 59.8 Å². The lowest BCUT2D eigenvalue weighted by Crippen LogP contribution is -2.18. The maximum atomic E-state index is 12.3. The Morgan fingerprint density at radius 1 is 1.03 bits per heavy atom. The predicted molar refractivity (Wildman–Crippen MR) is 104 cm³/mol. The quantitative estimate of drug-likeness (QED) is 0.646. The number of nitrogens with one attached hydrogen (secondary N) is 1. The molecule has 1 amide bonds. The molecular weight excluding hydrogens is 405 g/mol. The number of rotatable bonds is 3. The molecule has 1 N–H and O–H groups in total. The fourth-order valence-corrected chi connectivity index (χ4v) is 3.32. The smallest absolute Gasteiger partial charge is 0.406 e. The van der Waals surface area contributed by atoms with Gasteiger partial charge in [0.1, 0.15) is 11.6 Å². The zero-order chi connectivity index (χ0) is 20.4. The zero-order valence-electron chi connectivity index (χ0n) is 14.5. The highest BCUT2D eigenvalue weighted by Gasteiger charge is 2.31. The van der Waals surface area contributed by atoms with Gasteiger partial charge in [-0.1, -0.05) is 6.07 Å². The third-order valence-corrected chi connectivity index (χ3v) is 4.58. The van der Waals surface area contributed by atoms with Crippen molar-refractivity contribution in [2.45, 2.75) is 6.36 Å².